The first kappa shape index (κ1) is 22.1. The monoisotopic (exact) mass is 474 g/mol. The van der Waals surface area contributed by atoms with E-state index < -0.39 is 10.0 Å². The number of aryl methyl sites for hydroxylation is 1. The Bertz CT molecular complexity index is 1210. The van der Waals surface area contributed by atoms with Crippen molar-refractivity contribution in [3.05, 3.63) is 48.4 Å². The second-order valence-electron chi connectivity index (χ2n) is 7.08. The summed E-state index contributed by atoms with van der Waals surface area (Å²) in [6, 6.07) is 11.1. The maximum atomic E-state index is 13.0. The van der Waals surface area contributed by atoms with Crippen molar-refractivity contribution in [2.75, 3.05) is 36.4 Å². The summed E-state index contributed by atoms with van der Waals surface area (Å²) in [7, 11) is -3.69. The number of aromatic nitrogens is 3. The fourth-order valence-electron chi connectivity index (χ4n) is 3.22. The van der Waals surface area contributed by atoms with Crippen molar-refractivity contribution < 1.29 is 17.9 Å². The van der Waals surface area contributed by atoms with Gasteiger partial charge in [0.15, 0.2) is 9.34 Å². The van der Waals surface area contributed by atoms with E-state index >= 15 is 0 Å². The summed E-state index contributed by atoms with van der Waals surface area (Å²) >= 11 is 0.940. The predicted octanol–water partition coefficient (Wildman–Crippen LogP) is 2.50. The molecule has 1 aliphatic heterocycles. The third kappa shape index (κ3) is 5.03. The Hall–Kier alpha value is -3.09. The van der Waals surface area contributed by atoms with E-state index in [1.165, 1.54) is 17.4 Å². The minimum Gasteiger partial charge on any atom is -0.439 e. The molecule has 168 valence electrons. The van der Waals surface area contributed by atoms with Crippen molar-refractivity contribution in [2.45, 2.75) is 18.1 Å². The molecule has 1 N–H and O–H groups in total. The maximum Gasteiger partial charge on any atom is 0.254 e. The zero-order chi connectivity index (χ0) is 22.7. The van der Waals surface area contributed by atoms with Crippen molar-refractivity contribution in [3.8, 4) is 11.6 Å². The van der Waals surface area contributed by atoms with Gasteiger partial charge in [-0.3, -0.25) is 4.79 Å². The Morgan fingerprint density at radius 1 is 1.12 bits per heavy atom. The van der Waals surface area contributed by atoms with Gasteiger partial charge in [0.25, 0.3) is 10.0 Å². The Kier molecular flexibility index (Phi) is 6.35. The molecular weight excluding hydrogens is 452 g/mol. The number of amides is 1. The van der Waals surface area contributed by atoms with E-state index in [1.54, 1.807) is 13.0 Å². The van der Waals surface area contributed by atoms with Crippen molar-refractivity contribution in [2.24, 2.45) is 0 Å². The predicted molar refractivity (Wildman–Crippen MR) is 121 cm³/mol. The van der Waals surface area contributed by atoms with Crippen LogP contribution in [-0.2, 0) is 14.8 Å². The molecule has 32 heavy (non-hydrogen) atoms. The van der Waals surface area contributed by atoms with Gasteiger partial charge in [-0.25, -0.2) is 18.4 Å². The average Bonchev–Trinajstić information content (AvgIpc) is 3.23. The van der Waals surface area contributed by atoms with Gasteiger partial charge in [-0.1, -0.05) is 29.5 Å². The van der Waals surface area contributed by atoms with E-state index in [0.717, 1.165) is 11.3 Å². The maximum absolute atomic E-state index is 13.0. The number of hydrogen-bond donors (Lipinski definition) is 1. The van der Waals surface area contributed by atoms with Crippen LogP contribution in [0.5, 0.6) is 11.6 Å². The van der Waals surface area contributed by atoms with Gasteiger partial charge in [-0.15, -0.1) is 0 Å². The minimum absolute atomic E-state index is 0.103. The highest BCUT2D eigenvalue weighted by Crippen LogP contribution is 2.28. The van der Waals surface area contributed by atoms with Gasteiger partial charge in [0.05, 0.1) is 6.20 Å². The molecule has 0 aliphatic carbocycles. The van der Waals surface area contributed by atoms with Crippen LogP contribution in [0.3, 0.4) is 0 Å². The van der Waals surface area contributed by atoms with Crippen molar-refractivity contribution in [3.63, 3.8) is 0 Å². The molecule has 1 aromatic carbocycles. The number of para-hydroxylation sites is 1. The first-order valence-corrected chi connectivity index (χ1v) is 12.1. The molecule has 12 heteroatoms. The van der Waals surface area contributed by atoms with Crippen molar-refractivity contribution >= 4 is 38.2 Å². The van der Waals surface area contributed by atoms with Gasteiger partial charge in [0.2, 0.25) is 11.8 Å². The molecule has 0 spiro atoms. The summed E-state index contributed by atoms with van der Waals surface area (Å²) in [4.78, 5) is 26.0. The highest BCUT2D eigenvalue weighted by atomic mass is 32.2. The molecule has 0 atom stereocenters. The lowest BCUT2D eigenvalue weighted by molar-refractivity contribution is -0.114. The number of carbonyl (C=O) groups is 1. The molecule has 1 aliphatic rings. The van der Waals surface area contributed by atoms with E-state index in [-0.39, 0.29) is 15.2 Å². The molecule has 2 aromatic heterocycles. The number of carbonyl (C=O) groups excluding carboxylic acids is 1. The lowest BCUT2D eigenvalue weighted by Crippen LogP contribution is -2.48. The summed E-state index contributed by atoms with van der Waals surface area (Å²) in [5, 5.41) is 2.77. The quantitative estimate of drug-likeness (QED) is 0.579. The fraction of sp³-hybridized carbons (Fsp3) is 0.300. The number of nitrogens with zero attached hydrogens (tertiary/aromatic N) is 5. The summed E-state index contributed by atoms with van der Waals surface area (Å²) in [6.45, 7) is 4.68. The number of rotatable bonds is 6. The minimum atomic E-state index is -3.69. The van der Waals surface area contributed by atoms with Crippen LogP contribution < -0.4 is 15.0 Å². The van der Waals surface area contributed by atoms with Crippen LogP contribution in [0.2, 0.25) is 0 Å². The van der Waals surface area contributed by atoms with E-state index in [0.29, 0.717) is 49.5 Å². The zero-order valence-corrected chi connectivity index (χ0v) is 19.2. The molecule has 10 nitrogen and oxygen atoms in total. The van der Waals surface area contributed by atoms with Crippen molar-refractivity contribution in [1.29, 1.82) is 0 Å². The van der Waals surface area contributed by atoms with Crippen LogP contribution in [0.4, 0.5) is 10.9 Å². The summed E-state index contributed by atoms with van der Waals surface area (Å²) in [6.07, 6.45) is 1.28. The van der Waals surface area contributed by atoms with Gasteiger partial charge in [-0.05, 0) is 19.1 Å². The molecule has 1 saturated heterocycles. The molecule has 1 amide bonds. The highest BCUT2D eigenvalue weighted by Gasteiger charge is 2.31. The van der Waals surface area contributed by atoms with Crippen LogP contribution in [-0.4, -0.2) is 59.8 Å². The molecule has 3 aromatic rings. The molecule has 4 rings (SSSR count). The Morgan fingerprint density at radius 2 is 1.84 bits per heavy atom. The van der Waals surface area contributed by atoms with E-state index in [2.05, 4.69) is 20.3 Å². The first-order chi connectivity index (χ1) is 15.3. The number of sulfonamides is 1. The molecule has 0 saturated carbocycles. The number of piperazine rings is 1. The summed E-state index contributed by atoms with van der Waals surface area (Å²) in [5.41, 5.74) is 0. The topological polar surface area (TPSA) is 118 Å². The largest absolute Gasteiger partial charge is 0.439 e. The van der Waals surface area contributed by atoms with Crippen molar-refractivity contribution in [1.82, 2.24) is 19.3 Å². The average molecular weight is 475 g/mol. The smallest absolute Gasteiger partial charge is 0.254 e. The number of benzene rings is 1. The molecule has 0 radical (unpaired) electrons. The van der Waals surface area contributed by atoms with E-state index in [1.807, 2.05) is 35.2 Å². The molecule has 3 heterocycles. The standard InChI is InChI=1S/C20H22N6O4S2/c1-14-22-17(12-18(23-14)30-16-6-4-3-5-7-16)25-8-10-26(11-9-25)32(28,29)19-13-21-20(31-19)24-15(2)27/h3-7,12-13H,8-11H2,1-2H3,(H,21,24,27). The molecule has 0 bridgehead atoms. The van der Waals surface area contributed by atoms with Crippen LogP contribution in [0.25, 0.3) is 0 Å². The van der Waals surface area contributed by atoms with Gasteiger partial charge < -0.3 is 15.0 Å². The number of nitrogens with one attached hydrogen (secondary N) is 1. The first-order valence-electron chi connectivity index (χ1n) is 9.88. The Labute approximate surface area is 189 Å². The molecular formula is C20H22N6O4S2. The third-order valence-corrected chi connectivity index (χ3v) is 7.94. The zero-order valence-electron chi connectivity index (χ0n) is 17.6. The second kappa shape index (κ2) is 9.18. The van der Waals surface area contributed by atoms with E-state index in [9.17, 15) is 13.2 Å². The second-order valence-corrected chi connectivity index (χ2v) is 10.3. The van der Waals surface area contributed by atoms with Crippen LogP contribution >= 0.6 is 11.3 Å². The number of anilines is 2. The normalized spacial score (nSPS) is 14.9. The Balaban J connectivity index is 1.44. The molecule has 1 fully saturated rings. The lowest BCUT2D eigenvalue weighted by Gasteiger charge is -2.34. The van der Waals surface area contributed by atoms with Crippen LogP contribution in [0.1, 0.15) is 12.7 Å². The van der Waals surface area contributed by atoms with Gasteiger partial charge >= 0.3 is 0 Å². The van der Waals surface area contributed by atoms with Crippen LogP contribution in [0, 0.1) is 6.92 Å². The number of ether oxygens (including phenoxy) is 1. The Morgan fingerprint density at radius 3 is 2.53 bits per heavy atom. The SMILES string of the molecule is CC(=O)Nc1ncc(S(=O)(=O)N2CCN(c3cc(Oc4ccccc4)nc(C)n3)CC2)s1. The summed E-state index contributed by atoms with van der Waals surface area (Å²) < 4.78 is 33.3. The summed E-state index contributed by atoms with van der Waals surface area (Å²) in [5.74, 6) is 2.07. The van der Waals surface area contributed by atoms with E-state index in [4.69, 9.17) is 4.74 Å². The molecule has 0 unspecified atom stereocenters. The van der Waals surface area contributed by atoms with Crippen LogP contribution in [0.15, 0.2) is 46.8 Å². The highest BCUT2D eigenvalue weighted by molar-refractivity contribution is 7.91. The van der Waals surface area contributed by atoms with Gasteiger partial charge in [0.1, 0.15) is 17.4 Å². The van der Waals surface area contributed by atoms with Gasteiger partial charge in [-0.2, -0.15) is 9.29 Å². The van der Waals surface area contributed by atoms with Gasteiger partial charge in [0, 0.05) is 39.2 Å². The number of hydrogen-bond acceptors (Lipinski definition) is 9. The number of thiazole rings is 1. The lowest BCUT2D eigenvalue weighted by atomic mass is 10.3. The fourth-order valence-corrected chi connectivity index (χ4v) is 5.88. The third-order valence-electron chi connectivity index (χ3n) is 4.69.